The fourth-order valence-electron chi connectivity index (χ4n) is 4.14. The summed E-state index contributed by atoms with van der Waals surface area (Å²) < 4.78 is 13.3. The van der Waals surface area contributed by atoms with Gasteiger partial charge in [0.2, 0.25) is 5.91 Å². The van der Waals surface area contributed by atoms with E-state index in [2.05, 4.69) is 16.2 Å². The van der Waals surface area contributed by atoms with Gasteiger partial charge in [-0.1, -0.05) is 17.3 Å². The molecule has 194 valence electrons. The number of rotatable bonds is 9. The molecule has 2 aromatic heterocycles. The van der Waals surface area contributed by atoms with E-state index in [1.165, 1.54) is 41.5 Å². The van der Waals surface area contributed by atoms with Crippen LogP contribution in [0.4, 0.5) is 5.00 Å². The largest absolute Gasteiger partial charge is 0.494 e. The number of nitrogens with one attached hydrogen (secondary N) is 1. The summed E-state index contributed by atoms with van der Waals surface area (Å²) in [6.45, 7) is 2.75. The van der Waals surface area contributed by atoms with Crippen LogP contribution in [-0.4, -0.2) is 47.6 Å². The number of nitrogens with zero attached hydrogens (tertiary/aromatic N) is 2. The van der Waals surface area contributed by atoms with Gasteiger partial charge in [0.25, 0.3) is 5.91 Å². The zero-order chi connectivity index (χ0) is 26.4. The lowest BCUT2D eigenvalue weighted by Gasteiger charge is -2.11. The normalized spacial score (nSPS) is 13.2. The number of aromatic nitrogens is 1. The highest BCUT2D eigenvalue weighted by Gasteiger charge is 2.26. The first-order chi connectivity index (χ1) is 17.9. The number of amides is 2. The maximum atomic E-state index is 12.6. The number of ether oxygens (including phenoxy) is 2. The maximum absolute atomic E-state index is 12.6. The third-order valence-electron chi connectivity index (χ3n) is 5.71. The lowest BCUT2D eigenvalue weighted by molar-refractivity contribution is -0.115. The van der Waals surface area contributed by atoms with Crippen molar-refractivity contribution in [3.05, 3.63) is 39.0 Å². The van der Waals surface area contributed by atoms with Crippen molar-refractivity contribution in [1.82, 2.24) is 4.57 Å². The van der Waals surface area contributed by atoms with E-state index in [4.69, 9.17) is 15.9 Å². The van der Waals surface area contributed by atoms with Crippen molar-refractivity contribution in [1.29, 1.82) is 0 Å². The standard InChI is InChI=1S/C26H27N3O5S3/c1-4-12-29-18-11-10-16(34-5-2)13-20(18)37-26(29)28-22(31)15-35-14-21(30)27-24-23(25(32)33-3)17-8-6-7-9-19(17)36-24/h1,10-11,13H,5-9,12,14-15H2,2-3H3,(H,27,30). The van der Waals surface area contributed by atoms with Crippen LogP contribution >= 0.6 is 34.4 Å². The summed E-state index contributed by atoms with van der Waals surface area (Å²) >= 11 is 3.96. The van der Waals surface area contributed by atoms with Crippen LogP contribution in [0.15, 0.2) is 23.2 Å². The van der Waals surface area contributed by atoms with Gasteiger partial charge in [-0.15, -0.1) is 29.5 Å². The number of esters is 1. The Labute approximate surface area is 227 Å². The molecule has 11 heteroatoms. The zero-order valence-corrected chi connectivity index (χ0v) is 23.1. The van der Waals surface area contributed by atoms with E-state index < -0.39 is 5.97 Å². The monoisotopic (exact) mass is 557 g/mol. The van der Waals surface area contributed by atoms with Crippen molar-refractivity contribution in [2.45, 2.75) is 39.2 Å². The highest BCUT2D eigenvalue weighted by Crippen LogP contribution is 2.38. The van der Waals surface area contributed by atoms with E-state index in [-0.39, 0.29) is 29.9 Å². The predicted octanol–water partition coefficient (Wildman–Crippen LogP) is 4.26. The van der Waals surface area contributed by atoms with Gasteiger partial charge in [-0.05, 0) is 56.4 Å². The summed E-state index contributed by atoms with van der Waals surface area (Å²) in [7, 11) is 1.34. The van der Waals surface area contributed by atoms with Crippen LogP contribution in [0.2, 0.25) is 0 Å². The Balaban J connectivity index is 1.42. The number of fused-ring (bicyclic) bond motifs is 2. The number of thiophene rings is 1. The second kappa shape index (κ2) is 12.4. The average molecular weight is 558 g/mol. The Morgan fingerprint density at radius 3 is 2.78 bits per heavy atom. The Morgan fingerprint density at radius 1 is 1.22 bits per heavy atom. The highest BCUT2D eigenvalue weighted by molar-refractivity contribution is 8.00. The molecule has 1 aliphatic carbocycles. The van der Waals surface area contributed by atoms with Gasteiger partial charge in [0.1, 0.15) is 10.8 Å². The second-order valence-electron chi connectivity index (χ2n) is 8.19. The van der Waals surface area contributed by atoms with E-state index in [0.29, 0.717) is 22.0 Å². The van der Waals surface area contributed by atoms with Crippen molar-refractivity contribution >= 4 is 67.4 Å². The number of carbonyl (C=O) groups excluding carboxylic acids is 3. The molecule has 37 heavy (non-hydrogen) atoms. The molecule has 0 bridgehead atoms. The van der Waals surface area contributed by atoms with E-state index >= 15 is 0 Å². The van der Waals surface area contributed by atoms with Gasteiger partial charge in [-0.25, -0.2) is 4.79 Å². The van der Waals surface area contributed by atoms with Crippen LogP contribution in [-0.2, 0) is 33.7 Å². The van der Waals surface area contributed by atoms with Crippen molar-refractivity contribution in [3.63, 3.8) is 0 Å². The van der Waals surface area contributed by atoms with Gasteiger partial charge in [-0.2, -0.15) is 4.99 Å². The van der Waals surface area contributed by atoms with Crippen LogP contribution in [0.1, 0.15) is 40.6 Å². The summed E-state index contributed by atoms with van der Waals surface area (Å²) in [4.78, 5) is 43.5. The number of aryl methyl sites for hydroxylation is 1. The van der Waals surface area contributed by atoms with E-state index in [1.807, 2.05) is 29.7 Å². The average Bonchev–Trinajstić information content (AvgIpc) is 3.41. The lowest BCUT2D eigenvalue weighted by atomic mass is 9.95. The number of terminal acetylenes is 1. The number of thiazole rings is 1. The lowest BCUT2D eigenvalue weighted by Crippen LogP contribution is -2.19. The van der Waals surface area contributed by atoms with Gasteiger partial charge < -0.3 is 19.4 Å². The molecule has 0 unspecified atom stereocenters. The Morgan fingerprint density at radius 2 is 2.03 bits per heavy atom. The molecule has 1 aliphatic rings. The SMILES string of the molecule is C#CCn1c(=NC(=O)CSCC(=O)Nc2sc3c(c2C(=O)OC)CCCC3)sc2cc(OCC)ccc21. The van der Waals surface area contributed by atoms with Crippen LogP contribution in [0, 0.1) is 12.3 Å². The molecule has 3 aromatic rings. The zero-order valence-electron chi connectivity index (χ0n) is 20.6. The van der Waals surface area contributed by atoms with Crippen molar-refractivity contribution in [2.24, 2.45) is 4.99 Å². The summed E-state index contributed by atoms with van der Waals surface area (Å²) in [6.07, 6.45) is 9.32. The number of benzene rings is 1. The molecule has 0 aliphatic heterocycles. The molecule has 8 nitrogen and oxygen atoms in total. The first-order valence-electron chi connectivity index (χ1n) is 11.8. The summed E-state index contributed by atoms with van der Waals surface area (Å²) in [5.74, 6) is 2.36. The molecule has 0 spiro atoms. The van der Waals surface area contributed by atoms with Gasteiger partial charge >= 0.3 is 5.97 Å². The summed E-state index contributed by atoms with van der Waals surface area (Å²) in [6, 6.07) is 5.67. The van der Waals surface area contributed by atoms with Crippen LogP contribution in [0.5, 0.6) is 5.75 Å². The quantitative estimate of drug-likeness (QED) is 0.312. The van der Waals surface area contributed by atoms with Gasteiger partial charge in [0, 0.05) is 4.88 Å². The smallest absolute Gasteiger partial charge is 0.341 e. The van der Waals surface area contributed by atoms with Gasteiger partial charge in [0.15, 0.2) is 4.80 Å². The Bertz CT molecular complexity index is 1440. The van der Waals surface area contributed by atoms with Gasteiger partial charge in [0.05, 0.1) is 47.5 Å². The topological polar surface area (TPSA) is 99.0 Å². The first-order valence-corrected chi connectivity index (χ1v) is 14.6. The number of hydrogen-bond acceptors (Lipinski definition) is 8. The fourth-order valence-corrected chi connectivity index (χ4v) is 7.11. The van der Waals surface area contributed by atoms with Crippen LogP contribution in [0.3, 0.4) is 0 Å². The number of anilines is 1. The van der Waals surface area contributed by atoms with E-state index in [0.717, 1.165) is 52.1 Å². The molecule has 0 saturated heterocycles. The molecule has 0 atom stereocenters. The number of thioether (sulfide) groups is 1. The minimum atomic E-state index is -0.437. The van der Waals surface area contributed by atoms with Crippen LogP contribution in [0.25, 0.3) is 10.2 Å². The Kier molecular flexibility index (Phi) is 9.08. The third kappa shape index (κ3) is 6.26. The molecule has 4 rings (SSSR count). The second-order valence-corrected chi connectivity index (χ2v) is 11.3. The maximum Gasteiger partial charge on any atom is 0.341 e. The molecule has 0 fully saturated rings. The highest BCUT2D eigenvalue weighted by atomic mass is 32.2. The molecular weight excluding hydrogens is 531 g/mol. The minimum absolute atomic E-state index is 0.0344. The number of methoxy groups -OCH3 is 1. The minimum Gasteiger partial charge on any atom is -0.494 e. The fraction of sp³-hybridized carbons (Fsp3) is 0.385. The molecular formula is C26H27N3O5S3. The molecule has 0 saturated carbocycles. The molecule has 1 aromatic carbocycles. The molecule has 0 radical (unpaired) electrons. The summed E-state index contributed by atoms with van der Waals surface area (Å²) in [5, 5.41) is 3.37. The molecule has 1 N–H and O–H groups in total. The van der Waals surface area contributed by atoms with Crippen LogP contribution < -0.4 is 14.9 Å². The molecule has 2 amide bonds. The number of carbonyl (C=O) groups is 3. The van der Waals surface area contributed by atoms with Crippen molar-refractivity contribution < 1.29 is 23.9 Å². The first kappa shape index (κ1) is 27.0. The van der Waals surface area contributed by atoms with E-state index in [1.54, 1.807) is 0 Å². The van der Waals surface area contributed by atoms with E-state index in [9.17, 15) is 14.4 Å². The third-order valence-corrected chi connectivity index (χ3v) is 8.87. The predicted molar refractivity (Wildman–Crippen MR) is 149 cm³/mol. The Hall–Kier alpha value is -3.07. The molecule has 2 heterocycles. The number of hydrogen-bond donors (Lipinski definition) is 1. The van der Waals surface area contributed by atoms with Gasteiger partial charge in [-0.3, -0.25) is 9.59 Å². The summed E-state index contributed by atoms with van der Waals surface area (Å²) in [5.41, 5.74) is 2.32. The van der Waals surface area contributed by atoms with Crippen molar-refractivity contribution in [3.8, 4) is 18.1 Å². The van der Waals surface area contributed by atoms with Crippen molar-refractivity contribution in [2.75, 3.05) is 30.5 Å².